The fraction of sp³-hybridized carbons (Fsp3) is 0.583. The van der Waals surface area contributed by atoms with E-state index in [1.165, 1.54) is 84.1 Å². The van der Waals surface area contributed by atoms with Crippen LogP contribution in [0.1, 0.15) is 71.6 Å². The van der Waals surface area contributed by atoms with Crippen molar-refractivity contribution in [1.82, 2.24) is 0 Å². The van der Waals surface area contributed by atoms with E-state index >= 15 is 0 Å². The van der Waals surface area contributed by atoms with Crippen molar-refractivity contribution in [2.24, 2.45) is 5.92 Å². The molecule has 0 amide bonds. The van der Waals surface area contributed by atoms with Crippen LogP contribution >= 0.6 is 23.5 Å². The molecule has 0 aliphatic heterocycles. The smallest absolute Gasteiger partial charge is 0.0162 e. The molecular formula is C24H36S2. The summed E-state index contributed by atoms with van der Waals surface area (Å²) in [5.74, 6) is 2.32. The number of fused-ring (bicyclic) bond motifs is 1. The van der Waals surface area contributed by atoms with Gasteiger partial charge in [-0.1, -0.05) is 89.5 Å². The summed E-state index contributed by atoms with van der Waals surface area (Å²) in [6.07, 6.45) is 15.0. The Hall–Kier alpha value is -0.600. The lowest BCUT2D eigenvalue weighted by Crippen LogP contribution is -2.03. The molecule has 0 N–H and O–H groups in total. The van der Waals surface area contributed by atoms with Gasteiger partial charge in [0, 0.05) is 15.2 Å². The van der Waals surface area contributed by atoms with E-state index in [2.05, 4.69) is 56.5 Å². The third-order valence-corrected chi connectivity index (χ3v) is 7.28. The summed E-state index contributed by atoms with van der Waals surface area (Å²) in [6.45, 7) is 4.57. The predicted octanol–water partition coefficient (Wildman–Crippen LogP) is 8.82. The van der Waals surface area contributed by atoms with Crippen molar-refractivity contribution < 1.29 is 0 Å². The minimum Gasteiger partial charge on any atom is -0.129 e. The van der Waals surface area contributed by atoms with Gasteiger partial charge < -0.3 is 0 Å². The molecule has 0 atom stereocenters. The highest BCUT2D eigenvalue weighted by atomic mass is 32.2. The van der Waals surface area contributed by atoms with Gasteiger partial charge in [-0.2, -0.15) is 0 Å². The molecule has 0 radical (unpaired) electrons. The first-order chi connectivity index (χ1) is 12.8. The van der Waals surface area contributed by atoms with Gasteiger partial charge in [0.1, 0.15) is 0 Å². The van der Waals surface area contributed by atoms with E-state index in [1.807, 2.05) is 23.5 Å². The standard InChI is InChI=1S/C16H20S2.C8H16/c1-3-4-5-12-18-15-11-7-9-13-8-6-10-14(17-2)16(13)15;1-2-8-6-4-3-5-7-8/h6-11H,3-5,12H2,1-2H3;8H,2-7H2,1H3. The molecule has 1 fully saturated rings. The van der Waals surface area contributed by atoms with Crippen molar-refractivity contribution in [2.75, 3.05) is 12.0 Å². The molecule has 0 aromatic heterocycles. The SMILES string of the molecule is CCC1CCCCC1.CCCCCSc1cccc2cccc(SC)c12. The van der Waals surface area contributed by atoms with Gasteiger partial charge in [0.2, 0.25) is 0 Å². The van der Waals surface area contributed by atoms with Crippen molar-refractivity contribution in [1.29, 1.82) is 0 Å². The van der Waals surface area contributed by atoms with Crippen LogP contribution in [-0.2, 0) is 0 Å². The first-order valence-corrected chi connectivity index (χ1v) is 12.7. The summed E-state index contributed by atoms with van der Waals surface area (Å²) in [5.41, 5.74) is 0. The monoisotopic (exact) mass is 388 g/mol. The molecule has 0 saturated heterocycles. The van der Waals surface area contributed by atoms with Crippen molar-refractivity contribution in [3.8, 4) is 0 Å². The Labute approximate surface area is 169 Å². The molecule has 26 heavy (non-hydrogen) atoms. The Kier molecular flexibility index (Phi) is 10.6. The van der Waals surface area contributed by atoms with E-state index in [0.717, 1.165) is 5.92 Å². The summed E-state index contributed by atoms with van der Waals surface area (Å²) in [4.78, 5) is 2.83. The summed E-state index contributed by atoms with van der Waals surface area (Å²) >= 11 is 3.85. The number of rotatable bonds is 7. The van der Waals surface area contributed by atoms with Crippen LogP contribution in [0.5, 0.6) is 0 Å². The third-order valence-electron chi connectivity index (χ3n) is 5.36. The van der Waals surface area contributed by atoms with Crippen LogP contribution in [0.15, 0.2) is 46.2 Å². The van der Waals surface area contributed by atoms with Crippen LogP contribution in [0.2, 0.25) is 0 Å². The van der Waals surface area contributed by atoms with Crippen LogP contribution in [0.3, 0.4) is 0 Å². The van der Waals surface area contributed by atoms with Crippen LogP contribution in [0, 0.1) is 5.92 Å². The van der Waals surface area contributed by atoms with Crippen LogP contribution in [0.4, 0.5) is 0 Å². The number of benzene rings is 2. The van der Waals surface area contributed by atoms with E-state index in [0.29, 0.717) is 0 Å². The molecule has 1 aliphatic rings. The molecule has 0 spiro atoms. The Morgan fingerprint density at radius 1 is 0.885 bits per heavy atom. The number of hydrogen-bond donors (Lipinski definition) is 0. The van der Waals surface area contributed by atoms with Crippen molar-refractivity contribution in [2.45, 2.75) is 81.4 Å². The molecule has 3 rings (SSSR count). The minimum absolute atomic E-state index is 1.09. The summed E-state index contributed by atoms with van der Waals surface area (Å²) in [7, 11) is 0. The second kappa shape index (κ2) is 12.7. The maximum Gasteiger partial charge on any atom is 0.0162 e. The van der Waals surface area contributed by atoms with Gasteiger partial charge >= 0.3 is 0 Å². The highest BCUT2D eigenvalue weighted by Gasteiger charge is 2.09. The molecule has 1 saturated carbocycles. The van der Waals surface area contributed by atoms with Gasteiger partial charge in [-0.15, -0.1) is 23.5 Å². The lowest BCUT2D eigenvalue weighted by atomic mass is 9.88. The summed E-state index contributed by atoms with van der Waals surface area (Å²) in [5, 5.41) is 2.80. The van der Waals surface area contributed by atoms with E-state index in [1.54, 1.807) is 0 Å². The van der Waals surface area contributed by atoms with E-state index in [-0.39, 0.29) is 0 Å². The van der Waals surface area contributed by atoms with Crippen LogP contribution in [0.25, 0.3) is 10.8 Å². The topological polar surface area (TPSA) is 0 Å². The van der Waals surface area contributed by atoms with E-state index in [4.69, 9.17) is 0 Å². The van der Waals surface area contributed by atoms with Crippen LogP contribution < -0.4 is 0 Å². The fourth-order valence-corrected chi connectivity index (χ4v) is 5.52. The zero-order chi connectivity index (χ0) is 18.6. The Balaban J connectivity index is 0.000000254. The number of unbranched alkanes of at least 4 members (excludes halogenated alkanes) is 2. The maximum absolute atomic E-state index is 2.32. The van der Waals surface area contributed by atoms with E-state index < -0.39 is 0 Å². The molecule has 144 valence electrons. The molecule has 1 aliphatic carbocycles. The van der Waals surface area contributed by atoms with Gasteiger partial charge in [-0.05, 0) is 41.9 Å². The lowest BCUT2D eigenvalue weighted by Gasteiger charge is -2.18. The number of hydrogen-bond acceptors (Lipinski definition) is 2. The highest BCUT2D eigenvalue weighted by molar-refractivity contribution is 8.00. The first kappa shape index (κ1) is 21.7. The second-order valence-corrected chi connectivity index (χ2v) is 9.27. The highest BCUT2D eigenvalue weighted by Crippen LogP contribution is 2.35. The van der Waals surface area contributed by atoms with Crippen molar-refractivity contribution >= 4 is 34.3 Å². The Morgan fingerprint density at radius 3 is 2.15 bits per heavy atom. The van der Waals surface area contributed by atoms with Gasteiger partial charge in [0.05, 0.1) is 0 Å². The summed E-state index contributed by atoms with van der Waals surface area (Å²) in [6, 6.07) is 13.2. The molecule has 0 bridgehead atoms. The second-order valence-electron chi connectivity index (χ2n) is 7.28. The zero-order valence-corrected chi connectivity index (χ0v) is 18.6. The summed E-state index contributed by atoms with van der Waals surface area (Å²) < 4.78 is 0. The molecule has 2 aromatic carbocycles. The molecule has 0 unspecified atom stereocenters. The number of thioether (sulfide) groups is 2. The van der Waals surface area contributed by atoms with Gasteiger partial charge in [0.25, 0.3) is 0 Å². The fourth-order valence-electron chi connectivity index (χ4n) is 3.69. The minimum atomic E-state index is 1.09. The average Bonchev–Trinajstić information content (AvgIpc) is 2.72. The Morgan fingerprint density at radius 2 is 1.58 bits per heavy atom. The zero-order valence-electron chi connectivity index (χ0n) is 16.9. The quantitative estimate of drug-likeness (QED) is 0.343. The third kappa shape index (κ3) is 6.85. The maximum atomic E-state index is 2.32. The lowest BCUT2D eigenvalue weighted by molar-refractivity contribution is 0.349. The molecule has 0 nitrogen and oxygen atoms in total. The molecule has 2 heteroatoms. The predicted molar refractivity (Wildman–Crippen MR) is 123 cm³/mol. The largest absolute Gasteiger partial charge is 0.129 e. The van der Waals surface area contributed by atoms with Crippen molar-refractivity contribution in [3.05, 3.63) is 36.4 Å². The van der Waals surface area contributed by atoms with Crippen molar-refractivity contribution in [3.63, 3.8) is 0 Å². The van der Waals surface area contributed by atoms with Gasteiger partial charge in [0.15, 0.2) is 0 Å². The van der Waals surface area contributed by atoms with E-state index in [9.17, 15) is 0 Å². The van der Waals surface area contributed by atoms with Crippen LogP contribution in [-0.4, -0.2) is 12.0 Å². The van der Waals surface area contributed by atoms with Gasteiger partial charge in [-0.25, -0.2) is 0 Å². The Bertz CT molecular complexity index is 624. The molecule has 2 aromatic rings. The average molecular weight is 389 g/mol. The molecular weight excluding hydrogens is 352 g/mol. The van der Waals surface area contributed by atoms with Gasteiger partial charge in [-0.3, -0.25) is 0 Å². The normalized spacial score (nSPS) is 14.9. The first-order valence-electron chi connectivity index (χ1n) is 10.5. The molecule has 0 heterocycles.